The number of hydrogen-bond acceptors (Lipinski definition) is 3. The maximum absolute atomic E-state index is 13.1. The average Bonchev–Trinajstić information content (AvgIpc) is 2.90. The number of fused-ring (bicyclic) bond motifs is 1. The molecule has 1 aromatic heterocycles. The van der Waals surface area contributed by atoms with Gasteiger partial charge in [0.05, 0.1) is 17.0 Å². The highest BCUT2D eigenvalue weighted by molar-refractivity contribution is 7.93. The summed E-state index contributed by atoms with van der Waals surface area (Å²) in [7, 11) is -3.86. The zero-order chi connectivity index (χ0) is 15.0. The number of anilines is 1. The van der Waals surface area contributed by atoms with Crippen molar-refractivity contribution in [2.45, 2.75) is 4.90 Å². The van der Waals surface area contributed by atoms with E-state index >= 15 is 0 Å². The van der Waals surface area contributed by atoms with Crippen molar-refractivity contribution in [3.8, 4) is 0 Å². The molecule has 1 N–H and O–H groups in total. The average molecular weight is 326 g/mol. The van der Waals surface area contributed by atoms with Gasteiger partial charge in [0.15, 0.2) is 5.58 Å². The minimum absolute atomic E-state index is 0.00504. The molecule has 0 aliphatic rings. The van der Waals surface area contributed by atoms with Crippen LogP contribution in [0.25, 0.3) is 11.0 Å². The summed E-state index contributed by atoms with van der Waals surface area (Å²) in [5.41, 5.74) is 0.433. The third-order valence-electron chi connectivity index (χ3n) is 2.90. The molecule has 3 rings (SSSR count). The van der Waals surface area contributed by atoms with Gasteiger partial charge in [-0.2, -0.15) is 0 Å². The Labute approximate surface area is 125 Å². The maximum Gasteiger partial charge on any atom is 0.265 e. The predicted octanol–water partition coefficient (Wildman–Crippen LogP) is 4.03. The molecule has 1 heterocycles. The van der Waals surface area contributed by atoms with Gasteiger partial charge >= 0.3 is 0 Å². The number of nitrogens with one attached hydrogen (secondary N) is 1. The van der Waals surface area contributed by atoms with Crippen molar-refractivity contribution in [3.05, 3.63) is 59.6 Å². The number of rotatable bonds is 3. The van der Waals surface area contributed by atoms with Crippen LogP contribution in [0.1, 0.15) is 0 Å². The highest BCUT2D eigenvalue weighted by Gasteiger charge is 2.19. The molecule has 7 heteroatoms. The van der Waals surface area contributed by atoms with E-state index in [0.29, 0.717) is 5.39 Å². The molecule has 0 saturated heterocycles. The summed E-state index contributed by atoms with van der Waals surface area (Å²) in [5, 5.41) is 0.515. The Bertz CT molecular complexity index is 921. The minimum Gasteiger partial charge on any atom is -0.463 e. The first-order valence-electron chi connectivity index (χ1n) is 5.91. The van der Waals surface area contributed by atoms with Crippen LogP contribution in [0.4, 0.5) is 10.1 Å². The molecule has 0 fully saturated rings. The number of furan rings is 1. The summed E-state index contributed by atoms with van der Waals surface area (Å²) in [4.78, 5) is 0.00504. The summed E-state index contributed by atoms with van der Waals surface area (Å²) in [5.74, 6) is -0.618. The van der Waals surface area contributed by atoms with Crippen molar-refractivity contribution in [2.24, 2.45) is 0 Å². The lowest BCUT2D eigenvalue weighted by atomic mass is 10.3. The fourth-order valence-electron chi connectivity index (χ4n) is 1.95. The van der Waals surface area contributed by atoms with Crippen LogP contribution in [0.2, 0.25) is 5.02 Å². The third-order valence-corrected chi connectivity index (χ3v) is 4.60. The zero-order valence-corrected chi connectivity index (χ0v) is 12.1. The first kappa shape index (κ1) is 13.9. The molecule has 0 aliphatic carbocycles. The van der Waals surface area contributed by atoms with E-state index in [1.807, 2.05) is 0 Å². The van der Waals surface area contributed by atoms with E-state index in [4.69, 9.17) is 16.0 Å². The molecule has 0 aliphatic heterocycles. The maximum atomic E-state index is 13.1. The van der Waals surface area contributed by atoms with Gasteiger partial charge in [0.25, 0.3) is 10.0 Å². The van der Waals surface area contributed by atoms with E-state index in [2.05, 4.69) is 4.72 Å². The van der Waals surface area contributed by atoms with Crippen LogP contribution in [0.3, 0.4) is 0 Å². The number of para-hydroxylation sites is 1. The van der Waals surface area contributed by atoms with Gasteiger partial charge in [-0.05, 0) is 30.3 Å². The second-order valence-electron chi connectivity index (χ2n) is 4.33. The van der Waals surface area contributed by atoms with Crippen molar-refractivity contribution in [2.75, 3.05) is 4.72 Å². The Morgan fingerprint density at radius 1 is 1.14 bits per heavy atom. The normalized spacial score (nSPS) is 11.7. The number of sulfonamides is 1. The minimum atomic E-state index is -3.86. The standard InChI is InChI=1S/C14H9ClFNO3S/c15-11-8-10(4-5-12(11)16)17-21(18,19)13-3-1-2-9-6-7-20-14(9)13/h1-8,17H. The Morgan fingerprint density at radius 2 is 1.95 bits per heavy atom. The fourth-order valence-corrected chi connectivity index (χ4v) is 3.34. The van der Waals surface area contributed by atoms with Gasteiger partial charge in [-0.25, -0.2) is 12.8 Å². The Morgan fingerprint density at radius 3 is 2.71 bits per heavy atom. The molecule has 0 atom stereocenters. The van der Waals surface area contributed by atoms with Crippen molar-refractivity contribution >= 4 is 38.3 Å². The van der Waals surface area contributed by atoms with E-state index in [-0.39, 0.29) is 21.2 Å². The first-order valence-corrected chi connectivity index (χ1v) is 7.77. The van der Waals surface area contributed by atoms with Crippen molar-refractivity contribution < 1.29 is 17.2 Å². The predicted molar refractivity (Wildman–Crippen MR) is 78.4 cm³/mol. The van der Waals surface area contributed by atoms with Crippen LogP contribution in [0.15, 0.2) is 58.0 Å². The van der Waals surface area contributed by atoms with Gasteiger partial charge in [0.1, 0.15) is 10.7 Å². The second-order valence-corrected chi connectivity index (χ2v) is 6.39. The number of hydrogen-bond donors (Lipinski definition) is 1. The molecule has 21 heavy (non-hydrogen) atoms. The van der Waals surface area contributed by atoms with Gasteiger partial charge in [0.2, 0.25) is 0 Å². The number of benzene rings is 2. The molecule has 108 valence electrons. The van der Waals surface area contributed by atoms with Crippen LogP contribution < -0.4 is 4.72 Å². The van der Waals surface area contributed by atoms with Crippen LogP contribution in [0, 0.1) is 5.82 Å². The van der Waals surface area contributed by atoms with Gasteiger partial charge in [-0.15, -0.1) is 0 Å². The molecule has 3 aromatic rings. The van der Waals surface area contributed by atoms with Gasteiger partial charge in [0, 0.05) is 5.39 Å². The molecular formula is C14H9ClFNO3S. The summed E-state index contributed by atoms with van der Waals surface area (Å²) >= 11 is 5.64. The lowest BCUT2D eigenvalue weighted by Gasteiger charge is -2.09. The lowest BCUT2D eigenvalue weighted by molar-refractivity contribution is 0.588. The monoisotopic (exact) mass is 325 g/mol. The molecule has 0 radical (unpaired) electrons. The molecule has 0 spiro atoms. The highest BCUT2D eigenvalue weighted by Crippen LogP contribution is 2.27. The Kier molecular flexibility index (Phi) is 3.35. The largest absolute Gasteiger partial charge is 0.463 e. The summed E-state index contributed by atoms with van der Waals surface area (Å²) in [6.45, 7) is 0. The fraction of sp³-hybridized carbons (Fsp3) is 0. The van der Waals surface area contributed by atoms with E-state index in [9.17, 15) is 12.8 Å². The summed E-state index contributed by atoms with van der Waals surface area (Å²) in [6, 6.07) is 10.0. The van der Waals surface area contributed by atoms with Crippen molar-refractivity contribution in [1.29, 1.82) is 0 Å². The zero-order valence-electron chi connectivity index (χ0n) is 10.5. The molecule has 0 unspecified atom stereocenters. The van der Waals surface area contributed by atoms with Gasteiger partial charge < -0.3 is 4.42 Å². The molecule has 4 nitrogen and oxygen atoms in total. The van der Waals surface area contributed by atoms with Crippen LogP contribution in [0.5, 0.6) is 0 Å². The quantitative estimate of drug-likeness (QED) is 0.791. The highest BCUT2D eigenvalue weighted by atomic mass is 35.5. The smallest absolute Gasteiger partial charge is 0.265 e. The van der Waals surface area contributed by atoms with Crippen molar-refractivity contribution in [1.82, 2.24) is 0 Å². The van der Waals surface area contributed by atoms with E-state index < -0.39 is 15.8 Å². The second kappa shape index (κ2) is 5.05. The molecule has 0 amide bonds. The lowest BCUT2D eigenvalue weighted by Crippen LogP contribution is -2.13. The summed E-state index contributed by atoms with van der Waals surface area (Å²) in [6.07, 6.45) is 1.42. The molecule has 0 saturated carbocycles. The first-order chi connectivity index (χ1) is 9.97. The number of halogens is 2. The van der Waals surface area contributed by atoms with Gasteiger partial charge in [-0.1, -0.05) is 23.7 Å². The van der Waals surface area contributed by atoms with Crippen LogP contribution in [-0.2, 0) is 10.0 Å². The third kappa shape index (κ3) is 2.59. The SMILES string of the molecule is O=S(=O)(Nc1ccc(F)c(Cl)c1)c1cccc2ccoc12. The molecular weight excluding hydrogens is 317 g/mol. The summed E-state index contributed by atoms with van der Waals surface area (Å²) < 4.78 is 45.5. The van der Waals surface area contributed by atoms with E-state index in [1.54, 1.807) is 18.2 Å². The van der Waals surface area contributed by atoms with Crippen molar-refractivity contribution in [3.63, 3.8) is 0 Å². The van der Waals surface area contributed by atoms with Crippen LogP contribution >= 0.6 is 11.6 Å². The van der Waals surface area contributed by atoms with E-state index in [1.165, 1.54) is 24.5 Å². The van der Waals surface area contributed by atoms with E-state index in [0.717, 1.165) is 6.07 Å². The Hall–Kier alpha value is -2.05. The van der Waals surface area contributed by atoms with Gasteiger partial charge in [-0.3, -0.25) is 4.72 Å². The van der Waals surface area contributed by atoms with Crippen LogP contribution in [-0.4, -0.2) is 8.42 Å². The molecule has 0 bridgehead atoms. The molecule has 2 aromatic carbocycles. The Balaban J connectivity index is 2.04. The topological polar surface area (TPSA) is 59.3 Å².